The van der Waals surface area contributed by atoms with E-state index in [2.05, 4.69) is 39.9 Å². The van der Waals surface area contributed by atoms with Gasteiger partial charge in [0.15, 0.2) is 10.6 Å². The summed E-state index contributed by atoms with van der Waals surface area (Å²) in [5.74, 6) is 0. The monoisotopic (exact) mass is 281 g/mol. The molecular weight excluding hydrogens is 272 g/mol. The molecule has 0 N–H and O–H groups in total. The standard InChI is InChI=1S/C15H9N2S2/c1-2-5-10-9(4-1)8-17-12-11-6-3-7-16-13(11)18-15(12)19-14(10)17/h1-7H,8H2/q+1. The highest BCUT2D eigenvalue weighted by Crippen LogP contribution is 2.41. The Morgan fingerprint density at radius 2 is 2.00 bits per heavy atom. The molecule has 0 spiro atoms. The van der Waals surface area contributed by atoms with Crippen LogP contribution in [0.4, 0.5) is 0 Å². The first-order valence-electron chi connectivity index (χ1n) is 6.20. The third kappa shape index (κ3) is 1.20. The number of hydrogen-bond acceptors (Lipinski definition) is 3. The van der Waals surface area contributed by atoms with Crippen molar-refractivity contribution >= 4 is 42.4 Å². The van der Waals surface area contributed by atoms with E-state index in [1.807, 2.05) is 34.9 Å². The van der Waals surface area contributed by atoms with E-state index < -0.39 is 0 Å². The highest BCUT2D eigenvalue weighted by Gasteiger charge is 2.33. The van der Waals surface area contributed by atoms with E-state index in [9.17, 15) is 0 Å². The van der Waals surface area contributed by atoms with Crippen LogP contribution in [0.1, 0.15) is 5.56 Å². The molecule has 3 aromatic heterocycles. The minimum absolute atomic E-state index is 0.992. The average Bonchev–Trinajstić information content (AvgIpc) is 3.05. The molecule has 1 aliphatic heterocycles. The number of thiazole rings is 1. The zero-order valence-corrected chi connectivity index (χ0v) is 11.6. The fourth-order valence-electron chi connectivity index (χ4n) is 2.86. The molecule has 90 valence electrons. The lowest BCUT2D eigenvalue weighted by atomic mass is 10.1. The molecule has 0 atom stereocenters. The molecule has 0 unspecified atom stereocenters. The van der Waals surface area contributed by atoms with Gasteiger partial charge in [0.25, 0.3) is 5.01 Å². The number of rotatable bonds is 0. The number of hydrogen-bond donors (Lipinski definition) is 0. The Balaban J connectivity index is 1.94. The summed E-state index contributed by atoms with van der Waals surface area (Å²) >= 11 is 3.70. The van der Waals surface area contributed by atoms with Crippen molar-refractivity contribution in [1.82, 2.24) is 4.98 Å². The quantitative estimate of drug-likeness (QED) is 0.394. The van der Waals surface area contributed by atoms with Crippen LogP contribution in [0.25, 0.3) is 30.3 Å². The van der Waals surface area contributed by atoms with Crippen LogP contribution in [0.2, 0.25) is 0 Å². The second kappa shape index (κ2) is 3.40. The number of pyridine rings is 1. The van der Waals surface area contributed by atoms with E-state index in [0.29, 0.717) is 0 Å². The summed E-state index contributed by atoms with van der Waals surface area (Å²) in [5, 5.41) is 2.68. The molecule has 0 aliphatic carbocycles. The minimum atomic E-state index is 0.992. The molecule has 4 heterocycles. The zero-order valence-electron chi connectivity index (χ0n) is 9.96. The Bertz CT molecular complexity index is 949. The number of aromatic nitrogens is 2. The van der Waals surface area contributed by atoms with Gasteiger partial charge in [-0.2, -0.15) is 4.57 Å². The maximum absolute atomic E-state index is 4.48. The van der Waals surface area contributed by atoms with Gasteiger partial charge in [-0.05, 0) is 18.2 Å². The van der Waals surface area contributed by atoms with Crippen LogP contribution in [0.15, 0.2) is 42.6 Å². The molecule has 1 aliphatic rings. The van der Waals surface area contributed by atoms with Crippen molar-refractivity contribution in [3.05, 3.63) is 48.2 Å². The van der Waals surface area contributed by atoms with Crippen LogP contribution in [-0.4, -0.2) is 4.98 Å². The molecule has 4 heteroatoms. The van der Waals surface area contributed by atoms with E-state index >= 15 is 0 Å². The van der Waals surface area contributed by atoms with Crippen LogP contribution in [0.3, 0.4) is 0 Å². The van der Waals surface area contributed by atoms with E-state index in [1.165, 1.54) is 31.1 Å². The topological polar surface area (TPSA) is 16.8 Å². The number of benzene rings is 1. The number of fused-ring (bicyclic) bond motifs is 7. The smallest absolute Gasteiger partial charge is 0.245 e. The summed E-state index contributed by atoms with van der Waals surface area (Å²) < 4.78 is 3.84. The normalized spacial score (nSPS) is 13.1. The molecule has 0 radical (unpaired) electrons. The lowest BCUT2D eigenvalue weighted by Gasteiger charge is -1.89. The van der Waals surface area contributed by atoms with Gasteiger partial charge in [0, 0.05) is 11.8 Å². The van der Waals surface area contributed by atoms with Crippen molar-refractivity contribution in [2.75, 3.05) is 0 Å². The third-order valence-corrected chi connectivity index (χ3v) is 6.10. The lowest BCUT2D eigenvalue weighted by Crippen LogP contribution is -2.30. The fourth-order valence-corrected chi connectivity index (χ4v) is 5.44. The van der Waals surface area contributed by atoms with Crippen molar-refractivity contribution in [3.63, 3.8) is 0 Å². The Morgan fingerprint density at radius 3 is 3.00 bits per heavy atom. The highest BCUT2D eigenvalue weighted by molar-refractivity contribution is 7.42. The van der Waals surface area contributed by atoms with E-state index in [4.69, 9.17) is 0 Å². The first-order valence-corrected chi connectivity index (χ1v) is 7.83. The van der Waals surface area contributed by atoms with E-state index in [-0.39, 0.29) is 0 Å². The van der Waals surface area contributed by atoms with Gasteiger partial charge in [-0.15, -0.1) is 0 Å². The Kier molecular flexibility index (Phi) is 1.80. The molecule has 0 saturated carbocycles. The molecule has 0 bridgehead atoms. The predicted molar refractivity (Wildman–Crippen MR) is 79.7 cm³/mol. The van der Waals surface area contributed by atoms with Gasteiger partial charge in [-0.1, -0.05) is 40.9 Å². The van der Waals surface area contributed by atoms with Crippen LogP contribution in [0.5, 0.6) is 0 Å². The van der Waals surface area contributed by atoms with E-state index in [1.54, 1.807) is 0 Å². The molecule has 0 amide bonds. The Labute approximate surface area is 117 Å². The average molecular weight is 281 g/mol. The largest absolute Gasteiger partial charge is 0.271 e. The summed E-state index contributed by atoms with van der Waals surface area (Å²) in [5.41, 5.74) is 4.19. The summed E-state index contributed by atoms with van der Waals surface area (Å²) in [6, 6.07) is 12.9. The van der Waals surface area contributed by atoms with Gasteiger partial charge in [-0.25, -0.2) is 4.98 Å². The van der Waals surface area contributed by atoms with E-state index in [0.717, 1.165) is 11.4 Å². The SMILES string of the molecule is c1ccc2c(c1)C[n+]1c-2sc2sc3ncccc3c21. The molecule has 0 saturated heterocycles. The summed E-state index contributed by atoms with van der Waals surface area (Å²) in [6.07, 6.45) is 1.88. The third-order valence-electron chi connectivity index (χ3n) is 3.69. The minimum Gasteiger partial charge on any atom is -0.245 e. The van der Waals surface area contributed by atoms with Gasteiger partial charge in [0.1, 0.15) is 4.83 Å². The Hall–Kier alpha value is -1.78. The molecule has 1 aromatic carbocycles. The molecule has 0 fully saturated rings. The van der Waals surface area contributed by atoms with Crippen LogP contribution in [-0.2, 0) is 6.54 Å². The van der Waals surface area contributed by atoms with Gasteiger partial charge in [0.05, 0.1) is 10.9 Å². The molecule has 19 heavy (non-hydrogen) atoms. The second-order valence-corrected chi connectivity index (χ2v) is 7.00. The van der Waals surface area contributed by atoms with Crippen LogP contribution >= 0.6 is 22.7 Å². The maximum Gasteiger partial charge on any atom is 0.271 e. The fraction of sp³-hybridized carbons (Fsp3) is 0.0667. The summed E-state index contributed by atoms with van der Waals surface area (Å²) in [4.78, 5) is 5.63. The highest BCUT2D eigenvalue weighted by atomic mass is 32.2. The molecular formula is C15H9N2S2+. The number of thiophene rings is 1. The van der Waals surface area contributed by atoms with Crippen molar-refractivity contribution in [2.24, 2.45) is 0 Å². The number of nitrogens with zero attached hydrogens (tertiary/aromatic N) is 2. The first kappa shape index (κ1) is 10.1. The van der Waals surface area contributed by atoms with Gasteiger partial charge in [-0.3, -0.25) is 0 Å². The lowest BCUT2D eigenvalue weighted by molar-refractivity contribution is -0.641. The Morgan fingerprint density at radius 1 is 1.05 bits per heavy atom. The van der Waals surface area contributed by atoms with Gasteiger partial charge in [0.2, 0.25) is 5.52 Å². The van der Waals surface area contributed by atoms with Crippen LogP contribution < -0.4 is 4.57 Å². The predicted octanol–water partition coefficient (Wildman–Crippen LogP) is 3.83. The molecule has 5 rings (SSSR count). The molecule has 4 aromatic rings. The van der Waals surface area contributed by atoms with Gasteiger partial charge < -0.3 is 0 Å². The van der Waals surface area contributed by atoms with Crippen molar-refractivity contribution in [1.29, 1.82) is 0 Å². The zero-order chi connectivity index (χ0) is 12.4. The van der Waals surface area contributed by atoms with Crippen LogP contribution in [0, 0.1) is 0 Å². The summed E-state index contributed by atoms with van der Waals surface area (Å²) in [7, 11) is 0. The summed E-state index contributed by atoms with van der Waals surface area (Å²) in [6.45, 7) is 0.992. The van der Waals surface area contributed by atoms with Crippen molar-refractivity contribution in [2.45, 2.75) is 6.54 Å². The second-order valence-electron chi connectivity index (χ2n) is 4.74. The van der Waals surface area contributed by atoms with Gasteiger partial charge >= 0.3 is 0 Å². The first-order chi connectivity index (χ1) is 9.42. The molecule has 2 nitrogen and oxygen atoms in total. The van der Waals surface area contributed by atoms with Crippen molar-refractivity contribution in [3.8, 4) is 10.6 Å². The van der Waals surface area contributed by atoms with Crippen molar-refractivity contribution < 1.29 is 4.57 Å². The maximum atomic E-state index is 4.48.